The number of aryl methyl sites for hydroxylation is 2. The number of hydrogen-bond acceptors (Lipinski definition) is 3. The highest BCUT2D eigenvalue weighted by Crippen LogP contribution is 2.29. The van der Waals surface area contributed by atoms with E-state index in [9.17, 15) is 4.79 Å². The summed E-state index contributed by atoms with van der Waals surface area (Å²) < 4.78 is 0. The Morgan fingerprint density at radius 1 is 1.10 bits per heavy atom. The molecule has 3 rings (SSSR count). The van der Waals surface area contributed by atoms with Crippen molar-refractivity contribution in [2.45, 2.75) is 76.3 Å². The smallest absolute Gasteiger partial charge is 0.261 e. The summed E-state index contributed by atoms with van der Waals surface area (Å²) >= 11 is 1.70. The zero-order valence-electron chi connectivity index (χ0n) is 12.7. The van der Waals surface area contributed by atoms with Crippen molar-refractivity contribution in [3.05, 3.63) is 21.4 Å². The monoisotopic (exact) mass is 306 g/mol. The second-order valence-electron chi connectivity index (χ2n) is 6.50. The molecule has 2 unspecified atom stereocenters. The summed E-state index contributed by atoms with van der Waals surface area (Å²) in [5.41, 5.74) is 7.62. The normalized spacial score (nSPS) is 26.5. The largest absolute Gasteiger partial charge is 0.347 e. The number of nitrogens with one attached hydrogen (secondary N) is 1. The van der Waals surface area contributed by atoms with Crippen LogP contribution in [0.1, 0.15) is 71.5 Å². The summed E-state index contributed by atoms with van der Waals surface area (Å²) in [6.45, 7) is 0. The summed E-state index contributed by atoms with van der Waals surface area (Å²) in [7, 11) is 0. The minimum Gasteiger partial charge on any atom is -0.347 e. The van der Waals surface area contributed by atoms with Crippen LogP contribution in [0.25, 0.3) is 0 Å². The fraction of sp³-hybridized carbons (Fsp3) is 0.706. The van der Waals surface area contributed by atoms with Gasteiger partial charge in [-0.25, -0.2) is 0 Å². The van der Waals surface area contributed by atoms with E-state index in [0.29, 0.717) is 0 Å². The van der Waals surface area contributed by atoms with Crippen molar-refractivity contribution in [1.29, 1.82) is 0 Å². The van der Waals surface area contributed by atoms with E-state index in [1.54, 1.807) is 11.3 Å². The third-order valence-corrected chi connectivity index (χ3v) is 6.09. The molecule has 1 saturated carbocycles. The molecule has 21 heavy (non-hydrogen) atoms. The molecule has 0 aliphatic heterocycles. The number of carbonyl (C=O) groups excluding carboxylic acids is 1. The molecule has 1 aromatic rings. The van der Waals surface area contributed by atoms with Crippen molar-refractivity contribution in [3.63, 3.8) is 0 Å². The number of nitrogens with two attached hydrogens (primary N) is 1. The van der Waals surface area contributed by atoms with E-state index in [1.165, 1.54) is 49.0 Å². The third kappa shape index (κ3) is 3.67. The van der Waals surface area contributed by atoms with Gasteiger partial charge in [-0.2, -0.15) is 0 Å². The molecule has 0 radical (unpaired) electrons. The van der Waals surface area contributed by atoms with Crippen LogP contribution in [0.4, 0.5) is 0 Å². The minimum atomic E-state index is 0.0930. The number of thiophene rings is 1. The standard InChI is InChI=1S/C17H26N2OS/c18-13-8-4-2-5-9-14(13)19-17(20)16-11-12-7-3-1-6-10-15(12)21-16/h11,13-14H,1-10,18H2,(H,19,20). The molecule has 0 spiro atoms. The maximum absolute atomic E-state index is 12.5. The van der Waals surface area contributed by atoms with Crippen molar-refractivity contribution >= 4 is 17.2 Å². The molecule has 4 heteroatoms. The molecule has 116 valence electrons. The van der Waals surface area contributed by atoms with Gasteiger partial charge in [0.2, 0.25) is 0 Å². The molecule has 1 aromatic heterocycles. The highest BCUT2D eigenvalue weighted by atomic mass is 32.1. The Balaban J connectivity index is 1.67. The maximum atomic E-state index is 12.5. The Bertz CT molecular complexity index is 473. The summed E-state index contributed by atoms with van der Waals surface area (Å²) in [5.74, 6) is 0.0930. The molecular weight excluding hydrogens is 280 g/mol. The van der Waals surface area contributed by atoms with Crippen LogP contribution in [-0.2, 0) is 12.8 Å². The Morgan fingerprint density at radius 2 is 1.86 bits per heavy atom. The predicted octanol–water partition coefficient (Wildman–Crippen LogP) is 3.41. The maximum Gasteiger partial charge on any atom is 0.261 e. The molecule has 1 heterocycles. The molecule has 2 aliphatic rings. The van der Waals surface area contributed by atoms with Gasteiger partial charge in [-0.05, 0) is 50.2 Å². The van der Waals surface area contributed by atoms with Crippen LogP contribution in [0.2, 0.25) is 0 Å². The second kappa shape index (κ2) is 6.93. The zero-order chi connectivity index (χ0) is 14.7. The van der Waals surface area contributed by atoms with Crippen molar-refractivity contribution in [2.75, 3.05) is 0 Å². The van der Waals surface area contributed by atoms with Crippen LogP contribution < -0.4 is 11.1 Å². The summed E-state index contributed by atoms with van der Waals surface area (Å²) in [6.07, 6.45) is 11.8. The molecule has 2 atom stereocenters. The first-order valence-corrected chi connectivity index (χ1v) is 9.24. The summed E-state index contributed by atoms with van der Waals surface area (Å²) in [6, 6.07) is 2.40. The SMILES string of the molecule is NC1CCCCCC1NC(=O)c1cc2c(s1)CCCCC2. The van der Waals surface area contributed by atoms with Crippen LogP contribution in [0.15, 0.2) is 6.07 Å². The molecule has 3 nitrogen and oxygen atoms in total. The van der Waals surface area contributed by atoms with Gasteiger partial charge in [0.15, 0.2) is 0 Å². The average Bonchev–Trinajstić information content (AvgIpc) is 2.61. The Kier molecular flexibility index (Phi) is 4.96. The summed E-state index contributed by atoms with van der Waals surface area (Å²) in [4.78, 5) is 14.8. The van der Waals surface area contributed by atoms with E-state index in [0.717, 1.165) is 30.6 Å². The van der Waals surface area contributed by atoms with E-state index in [-0.39, 0.29) is 18.0 Å². The highest BCUT2D eigenvalue weighted by molar-refractivity contribution is 7.14. The lowest BCUT2D eigenvalue weighted by Crippen LogP contribution is -2.46. The van der Waals surface area contributed by atoms with Crippen molar-refractivity contribution in [1.82, 2.24) is 5.32 Å². The van der Waals surface area contributed by atoms with Gasteiger partial charge in [-0.3, -0.25) is 4.79 Å². The van der Waals surface area contributed by atoms with E-state index in [1.807, 2.05) is 0 Å². The van der Waals surface area contributed by atoms with Crippen LogP contribution in [0, 0.1) is 0 Å². The number of amides is 1. The van der Waals surface area contributed by atoms with Gasteiger partial charge in [-0.15, -0.1) is 11.3 Å². The van der Waals surface area contributed by atoms with Gasteiger partial charge in [0.1, 0.15) is 0 Å². The molecular formula is C17H26N2OS. The fourth-order valence-corrected chi connectivity index (χ4v) is 4.69. The lowest BCUT2D eigenvalue weighted by Gasteiger charge is -2.22. The lowest BCUT2D eigenvalue weighted by atomic mass is 10.0. The second-order valence-corrected chi connectivity index (χ2v) is 7.64. The van der Waals surface area contributed by atoms with E-state index in [2.05, 4.69) is 11.4 Å². The first-order chi connectivity index (χ1) is 10.2. The first-order valence-electron chi connectivity index (χ1n) is 8.42. The van der Waals surface area contributed by atoms with Crippen molar-refractivity contribution in [2.24, 2.45) is 5.73 Å². The topological polar surface area (TPSA) is 55.1 Å². The summed E-state index contributed by atoms with van der Waals surface area (Å²) in [5, 5.41) is 3.20. The lowest BCUT2D eigenvalue weighted by molar-refractivity contribution is 0.0933. The first kappa shape index (κ1) is 15.0. The van der Waals surface area contributed by atoms with Crippen molar-refractivity contribution in [3.8, 4) is 0 Å². The van der Waals surface area contributed by atoms with E-state index < -0.39 is 0 Å². The number of fused-ring (bicyclic) bond motifs is 1. The van der Waals surface area contributed by atoms with Gasteiger partial charge in [0, 0.05) is 17.0 Å². The van der Waals surface area contributed by atoms with E-state index >= 15 is 0 Å². The fourth-order valence-electron chi connectivity index (χ4n) is 3.53. The Hall–Kier alpha value is -0.870. The molecule has 0 aromatic carbocycles. The quantitative estimate of drug-likeness (QED) is 0.650. The van der Waals surface area contributed by atoms with Gasteiger partial charge < -0.3 is 11.1 Å². The highest BCUT2D eigenvalue weighted by Gasteiger charge is 2.24. The number of rotatable bonds is 2. The number of carbonyl (C=O) groups is 1. The Morgan fingerprint density at radius 3 is 2.76 bits per heavy atom. The van der Waals surface area contributed by atoms with Gasteiger partial charge in [0.25, 0.3) is 5.91 Å². The zero-order valence-corrected chi connectivity index (χ0v) is 13.5. The van der Waals surface area contributed by atoms with Gasteiger partial charge >= 0.3 is 0 Å². The van der Waals surface area contributed by atoms with Crippen LogP contribution >= 0.6 is 11.3 Å². The van der Waals surface area contributed by atoms with Gasteiger partial charge in [-0.1, -0.05) is 25.7 Å². The molecule has 3 N–H and O–H groups in total. The Labute approximate surface area is 131 Å². The van der Waals surface area contributed by atoms with Gasteiger partial charge in [0.05, 0.1) is 4.88 Å². The molecule has 2 aliphatic carbocycles. The average molecular weight is 306 g/mol. The minimum absolute atomic E-state index is 0.0930. The van der Waals surface area contributed by atoms with Crippen LogP contribution in [0.5, 0.6) is 0 Å². The molecule has 1 fully saturated rings. The molecule has 1 amide bonds. The molecule has 0 saturated heterocycles. The van der Waals surface area contributed by atoms with E-state index in [4.69, 9.17) is 5.73 Å². The van der Waals surface area contributed by atoms with Crippen LogP contribution in [0.3, 0.4) is 0 Å². The number of hydrogen-bond donors (Lipinski definition) is 2. The van der Waals surface area contributed by atoms with Crippen molar-refractivity contribution < 1.29 is 4.79 Å². The third-order valence-electron chi connectivity index (χ3n) is 4.86. The molecule has 0 bridgehead atoms. The van der Waals surface area contributed by atoms with Crippen LogP contribution in [-0.4, -0.2) is 18.0 Å². The predicted molar refractivity (Wildman–Crippen MR) is 87.9 cm³/mol.